The van der Waals surface area contributed by atoms with Crippen molar-refractivity contribution in [2.24, 2.45) is 5.92 Å². The van der Waals surface area contributed by atoms with Gasteiger partial charge in [0, 0.05) is 51.2 Å². The molecule has 5 nitrogen and oxygen atoms in total. The molecule has 2 aliphatic rings. The van der Waals surface area contributed by atoms with Crippen molar-refractivity contribution in [3.63, 3.8) is 0 Å². The van der Waals surface area contributed by atoms with Crippen molar-refractivity contribution in [2.45, 2.75) is 38.8 Å². The number of aliphatic hydroxyl groups is 1. The topological polar surface area (TPSA) is 48.8 Å². The summed E-state index contributed by atoms with van der Waals surface area (Å²) in [6.45, 7) is 9.59. The summed E-state index contributed by atoms with van der Waals surface area (Å²) in [6.07, 6.45) is 7.10. The quantitative estimate of drug-likeness (QED) is 0.858. The second-order valence-electron chi connectivity index (χ2n) is 7.17. The zero-order chi connectivity index (χ0) is 16.8. The third-order valence-corrected chi connectivity index (χ3v) is 5.56. The first-order valence-corrected chi connectivity index (χ1v) is 9.32. The molecule has 3 heterocycles. The van der Waals surface area contributed by atoms with Gasteiger partial charge in [0.1, 0.15) is 0 Å². The Kier molecular flexibility index (Phi) is 6.60. The Labute approximate surface area is 145 Å². The van der Waals surface area contributed by atoms with Crippen LogP contribution in [0.25, 0.3) is 0 Å². The van der Waals surface area contributed by atoms with E-state index in [1.54, 1.807) is 0 Å². The summed E-state index contributed by atoms with van der Waals surface area (Å²) >= 11 is 0. The lowest BCUT2D eigenvalue weighted by Gasteiger charge is -2.45. The lowest BCUT2D eigenvalue weighted by Crippen LogP contribution is -2.53. The Morgan fingerprint density at radius 3 is 2.88 bits per heavy atom. The number of aromatic nitrogens is 1. The molecule has 0 saturated carbocycles. The molecular weight excluding hydrogens is 302 g/mol. The Bertz CT molecular complexity index is 505. The zero-order valence-electron chi connectivity index (χ0n) is 14.9. The SMILES string of the molecule is Cc1cnccc1CN1CC[C@H](N2CCOCC2)[C@H](CCCO)C1. The average Bonchev–Trinajstić information content (AvgIpc) is 2.63. The summed E-state index contributed by atoms with van der Waals surface area (Å²) in [5.74, 6) is 0.645. The Morgan fingerprint density at radius 1 is 1.29 bits per heavy atom. The molecule has 2 atom stereocenters. The van der Waals surface area contributed by atoms with E-state index in [2.05, 4.69) is 27.8 Å². The van der Waals surface area contributed by atoms with Crippen molar-refractivity contribution in [2.75, 3.05) is 46.0 Å². The van der Waals surface area contributed by atoms with Crippen LogP contribution < -0.4 is 0 Å². The van der Waals surface area contributed by atoms with Gasteiger partial charge in [-0.2, -0.15) is 0 Å². The molecule has 2 aliphatic heterocycles. The molecule has 0 aliphatic carbocycles. The van der Waals surface area contributed by atoms with Gasteiger partial charge in [0.05, 0.1) is 13.2 Å². The summed E-state index contributed by atoms with van der Waals surface area (Å²) < 4.78 is 5.52. The van der Waals surface area contributed by atoms with E-state index in [4.69, 9.17) is 4.74 Å². The van der Waals surface area contributed by atoms with Gasteiger partial charge in [-0.25, -0.2) is 0 Å². The maximum atomic E-state index is 9.28. The number of nitrogens with zero attached hydrogens (tertiary/aromatic N) is 3. The molecule has 0 bridgehead atoms. The van der Waals surface area contributed by atoms with Crippen LogP contribution in [0.1, 0.15) is 30.4 Å². The van der Waals surface area contributed by atoms with E-state index in [1.807, 2.05) is 12.4 Å². The minimum absolute atomic E-state index is 0.301. The van der Waals surface area contributed by atoms with Gasteiger partial charge >= 0.3 is 0 Å². The molecule has 3 rings (SSSR count). The number of aryl methyl sites for hydroxylation is 1. The smallest absolute Gasteiger partial charge is 0.0594 e. The number of likely N-dealkylation sites (tertiary alicyclic amines) is 1. The van der Waals surface area contributed by atoms with Crippen molar-refractivity contribution in [1.82, 2.24) is 14.8 Å². The van der Waals surface area contributed by atoms with E-state index in [0.717, 1.165) is 58.8 Å². The van der Waals surface area contributed by atoms with E-state index in [-0.39, 0.29) is 0 Å². The number of piperidine rings is 1. The minimum Gasteiger partial charge on any atom is -0.396 e. The number of ether oxygens (including phenoxy) is 1. The normalized spacial score (nSPS) is 26.6. The predicted octanol–water partition coefficient (Wildman–Crippen LogP) is 1.69. The van der Waals surface area contributed by atoms with Crippen LogP contribution >= 0.6 is 0 Å². The number of aliphatic hydroxyl groups excluding tert-OH is 1. The number of hydrogen-bond acceptors (Lipinski definition) is 5. The number of rotatable bonds is 6. The van der Waals surface area contributed by atoms with Gasteiger partial charge in [-0.3, -0.25) is 14.8 Å². The van der Waals surface area contributed by atoms with Gasteiger partial charge in [-0.05, 0) is 55.8 Å². The molecule has 0 aromatic carbocycles. The molecule has 0 amide bonds. The van der Waals surface area contributed by atoms with Crippen molar-refractivity contribution < 1.29 is 9.84 Å². The van der Waals surface area contributed by atoms with Crippen LogP contribution in [0.4, 0.5) is 0 Å². The van der Waals surface area contributed by atoms with Crippen molar-refractivity contribution in [1.29, 1.82) is 0 Å². The lowest BCUT2D eigenvalue weighted by atomic mass is 9.86. The van der Waals surface area contributed by atoms with Gasteiger partial charge in [-0.1, -0.05) is 0 Å². The lowest BCUT2D eigenvalue weighted by molar-refractivity contribution is -0.0231. The van der Waals surface area contributed by atoms with Crippen LogP contribution in [-0.2, 0) is 11.3 Å². The second-order valence-corrected chi connectivity index (χ2v) is 7.17. The Morgan fingerprint density at radius 2 is 2.12 bits per heavy atom. The van der Waals surface area contributed by atoms with Crippen molar-refractivity contribution in [3.8, 4) is 0 Å². The van der Waals surface area contributed by atoms with Gasteiger partial charge < -0.3 is 9.84 Å². The van der Waals surface area contributed by atoms with Crippen LogP contribution in [0.5, 0.6) is 0 Å². The maximum absolute atomic E-state index is 9.28. The summed E-state index contributed by atoms with van der Waals surface area (Å²) in [5.41, 5.74) is 2.66. The van der Waals surface area contributed by atoms with Crippen LogP contribution in [0, 0.1) is 12.8 Å². The summed E-state index contributed by atoms with van der Waals surface area (Å²) in [4.78, 5) is 9.41. The Balaban J connectivity index is 1.63. The first-order valence-electron chi connectivity index (χ1n) is 9.32. The first kappa shape index (κ1) is 17.8. The van der Waals surface area contributed by atoms with E-state index in [0.29, 0.717) is 18.6 Å². The van der Waals surface area contributed by atoms with Crippen LogP contribution in [0.3, 0.4) is 0 Å². The minimum atomic E-state index is 0.301. The number of hydrogen-bond donors (Lipinski definition) is 1. The largest absolute Gasteiger partial charge is 0.396 e. The van der Waals surface area contributed by atoms with Crippen molar-refractivity contribution >= 4 is 0 Å². The highest BCUT2D eigenvalue weighted by Gasteiger charge is 2.33. The molecule has 2 fully saturated rings. The molecule has 5 heteroatoms. The van der Waals surface area contributed by atoms with Crippen molar-refractivity contribution in [3.05, 3.63) is 29.6 Å². The summed E-state index contributed by atoms with van der Waals surface area (Å²) in [5, 5.41) is 9.28. The second kappa shape index (κ2) is 8.90. The molecule has 0 radical (unpaired) electrons. The molecule has 24 heavy (non-hydrogen) atoms. The standard InChI is InChI=1S/C19H31N3O2/c1-16-13-20-6-4-17(16)14-21-7-5-19(18(15-21)3-2-10-23)22-8-11-24-12-9-22/h4,6,13,18-19,23H,2-3,5,7-12,14-15H2,1H3/t18-,19+/m1/s1. The third-order valence-electron chi connectivity index (χ3n) is 5.56. The Hall–Kier alpha value is -1.01. The van der Waals surface area contributed by atoms with Gasteiger partial charge in [0.25, 0.3) is 0 Å². The third kappa shape index (κ3) is 4.54. The molecule has 1 aromatic rings. The average molecular weight is 333 g/mol. The fourth-order valence-electron chi connectivity index (χ4n) is 4.19. The van der Waals surface area contributed by atoms with Crippen LogP contribution in [-0.4, -0.2) is 71.9 Å². The highest BCUT2D eigenvalue weighted by atomic mass is 16.5. The van der Waals surface area contributed by atoms with Crippen LogP contribution in [0.15, 0.2) is 18.5 Å². The zero-order valence-corrected chi connectivity index (χ0v) is 14.9. The van der Waals surface area contributed by atoms with E-state index in [9.17, 15) is 5.11 Å². The maximum Gasteiger partial charge on any atom is 0.0594 e. The highest BCUT2D eigenvalue weighted by Crippen LogP contribution is 2.28. The first-order chi connectivity index (χ1) is 11.8. The van der Waals surface area contributed by atoms with E-state index in [1.165, 1.54) is 17.5 Å². The molecule has 134 valence electrons. The molecule has 0 unspecified atom stereocenters. The molecular formula is C19H31N3O2. The van der Waals surface area contributed by atoms with Gasteiger partial charge in [-0.15, -0.1) is 0 Å². The molecule has 1 aromatic heterocycles. The van der Waals surface area contributed by atoms with Crippen LogP contribution in [0.2, 0.25) is 0 Å². The fraction of sp³-hybridized carbons (Fsp3) is 0.737. The summed E-state index contributed by atoms with van der Waals surface area (Å²) in [6, 6.07) is 2.79. The van der Waals surface area contributed by atoms with E-state index < -0.39 is 0 Å². The highest BCUT2D eigenvalue weighted by molar-refractivity contribution is 5.21. The monoisotopic (exact) mass is 333 g/mol. The number of pyridine rings is 1. The fourth-order valence-corrected chi connectivity index (χ4v) is 4.19. The van der Waals surface area contributed by atoms with Gasteiger partial charge in [0.15, 0.2) is 0 Å². The molecule has 0 spiro atoms. The molecule has 1 N–H and O–H groups in total. The summed E-state index contributed by atoms with van der Waals surface area (Å²) in [7, 11) is 0. The molecule has 2 saturated heterocycles. The van der Waals surface area contributed by atoms with Gasteiger partial charge in [0.2, 0.25) is 0 Å². The predicted molar refractivity (Wildman–Crippen MR) is 94.9 cm³/mol. The number of morpholine rings is 1. The van der Waals surface area contributed by atoms with E-state index >= 15 is 0 Å².